The average molecular weight is 219 g/mol. The van der Waals surface area contributed by atoms with Crippen LogP contribution >= 0.6 is 0 Å². The highest BCUT2D eigenvalue weighted by atomic mass is 16.5. The fourth-order valence-electron chi connectivity index (χ4n) is 2.68. The Morgan fingerprint density at radius 3 is 2.75 bits per heavy atom. The third kappa shape index (κ3) is 1.82. The Labute approximate surface area is 98.0 Å². The molecule has 2 heterocycles. The lowest BCUT2D eigenvalue weighted by Gasteiger charge is -2.35. The van der Waals surface area contributed by atoms with E-state index in [9.17, 15) is 0 Å². The molecule has 1 saturated heterocycles. The van der Waals surface area contributed by atoms with Crippen LogP contribution in [0.4, 0.5) is 5.69 Å². The lowest BCUT2D eigenvalue weighted by atomic mass is 9.84. The number of para-hydroxylation sites is 1. The lowest BCUT2D eigenvalue weighted by molar-refractivity contribution is -0.00630. The first-order valence-corrected chi connectivity index (χ1v) is 6.38. The van der Waals surface area contributed by atoms with Gasteiger partial charge in [-0.1, -0.05) is 32.0 Å². The van der Waals surface area contributed by atoms with Gasteiger partial charge in [0.1, 0.15) is 0 Å². The molecule has 1 N–H and O–H groups in total. The number of fused-ring (bicyclic) bond motifs is 2. The minimum Gasteiger partial charge on any atom is -0.385 e. The highest BCUT2D eigenvalue weighted by molar-refractivity contribution is 5.56. The summed E-state index contributed by atoms with van der Waals surface area (Å²) in [6.07, 6.45) is 3.50. The molecule has 1 atom stereocenters. The van der Waals surface area contributed by atoms with Crippen LogP contribution in [-0.4, -0.2) is 13.2 Å². The number of nitrogens with one attached hydrogen (secondary N) is 1. The molecular weight excluding hydrogens is 198 g/mol. The van der Waals surface area contributed by atoms with Gasteiger partial charge in [0.05, 0.1) is 5.60 Å². The minimum atomic E-state index is 0.0435. The summed E-state index contributed by atoms with van der Waals surface area (Å²) >= 11 is 0. The summed E-state index contributed by atoms with van der Waals surface area (Å²) in [6.45, 7) is 5.96. The van der Waals surface area contributed by atoms with E-state index in [1.165, 1.54) is 24.1 Å². The standard InChI is InChI=1S/C12H15NO.C2H6/c1-2-5-11-10(4-1)12(7-8-13-11)6-3-9-14-12;1-2/h1-2,4-5,13H,3,6-9H2;1-2H3. The van der Waals surface area contributed by atoms with E-state index in [-0.39, 0.29) is 5.60 Å². The third-order valence-electron chi connectivity index (χ3n) is 3.37. The van der Waals surface area contributed by atoms with Crippen molar-refractivity contribution in [3.8, 4) is 0 Å². The summed E-state index contributed by atoms with van der Waals surface area (Å²) in [5.74, 6) is 0. The molecule has 2 nitrogen and oxygen atoms in total. The molecule has 88 valence electrons. The smallest absolute Gasteiger partial charge is 0.0968 e. The van der Waals surface area contributed by atoms with Crippen molar-refractivity contribution < 1.29 is 4.74 Å². The van der Waals surface area contributed by atoms with Gasteiger partial charge in [0.2, 0.25) is 0 Å². The Hall–Kier alpha value is -1.02. The second-order valence-corrected chi connectivity index (χ2v) is 4.17. The van der Waals surface area contributed by atoms with E-state index in [1.807, 2.05) is 13.8 Å². The molecule has 1 spiro atoms. The van der Waals surface area contributed by atoms with Crippen LogP contribution in [0.2, 0.25) is 0 Å². The van der Waals surface area contributed by atoms with E-state index >= 15 is 0 Å². The van der Waals surface area contributed by atoms with Gasteiger partial charge in [-0.15, -0.1) is 0 Å². The van der Waals surface area contributed by atoms with Crippen LogP contribution in [0.15, 0.2) is 24.3 Å². The quantitative estimate of drug-likeness (QED) is 0.720. The van der Waals surface area contributed by atoms with Gasteiger partial charge in [0.25, 0.3) is 0 Å². The number of benzene rings is 1. The molecule has 1 aromatic rings. The fraction of sp³-hybridized carbons (Fsp3) is 0.571. The van der Waals surface area contributed by atoms with E-state index in [4.69, 9.17) is 4.74 Å². The van der Waals surface area contributed by atoms with Crippen molar-refractivity contribution >= 4 is 5.69 Å². The maximum Gasteiger partial charge on any atom is 0.0968 e. The van der Waals surface area contributed by atoms with Gasteiger partial charge >= 0.3 is 0 Å². The highest BCUT2D eigenvalue weighted by Gasteiger charge is 2.40. The average Bonchev–Trinajstić information content (AvgIpc) is 2.82. The number of rotatable bonds is 0. The molecule has 0 amide bonds. The summed E-state index contributed by atoms with van der Waals surface area (Å²) in [4.78, 5) is 0. The van der Waals surface area contributed by atoms with Crippen molar-refractivity contribution in [1.82, 2.24) is 0 Å². The van der Waals surface area contributed by atoms with E-state index in [2.05, 4.69) is 29.6 Å². The molecule has 2 heteroatoms. The van der Waals surface area contributed by atoms with Gasteiger partial charge in [0, 0.05) is 24.4 Å². The predicted octanol–water partition coefficient (Wildman–Crippen LogP) is 3.53. The van der Waals surface area contributed by atoms with Crippen molar-refractivity contribution in [3.05, 3.63) is 29.8 Å². The maximum absolute atomic E-state index is 5.97. The van der Waals surface area contributed by atoms with Gasteiger partial charge in [0.15, 0.2) is 0 Å². The Morgan fingerprint density at radius 1 is 1.19 bits per heavy atom. The fourth-order valence-corrected chi connectivity index (χ4v) is 2.68. The van der Waals surface area contributed by atoms with Gasteiger partial charge in [-0.05, 0) is 25.3 Å². The molecule has 0 radical (unpaired) electrons. The normalized spacial score (nSPS) is 26.6. The zero-order chi connectivity index (χ0) is 11.4. The number of anilines is 1. The summed E-state index contributed by atoms with van der Waals surface area (Å²) < 4.78 is 5.97. The molecule has 0 bridgehead atoms. The van der Waals surface area contributed by atoms with Crippen LogP contribution < -0.4 is 5.32 Å². The molecule has 2 aliphatic rings. The van der Waals surface area contributed by atoms with Crippen LogP contribution in [-0.2, 0) is 10.3 Å². The van der Waals surface area contributed by atoms with Crippen molar-refractivity contribution in [2.75, 3.05) is 18.5 Å². The first kappa shape index (κ1) is 11.5. The molecule has 1 fully saturated rings. The Bertz CT molecular complexity index is 342. The Balaban J connectivity index is 0.000000457. The predicted molar refractivity (Wildman–Crippen MR) is 67.8 cm³/mol. The number of ether oxygens (including phenoxy) is 1. The SMILES string of the molecule is CC.c1ccc2c(c1)NCCC21CCCO1. The van der Waals surface area contributed by atoms with Crippen LogP contribution in [0, 0.1) is 0 Å². The van der Waals surface area contributed by atoms with Crippen LogP contribution in [0.5, 0.6) is 0 Å². The van der Waals surface area contributed by atoms with Crippen molar-refractivity contribution in [3.63, 3.8) is 0 Å². The molecule has 3 rings (SSSR count). The number of hydrogen-bond acceptors (Lipinski definition) is 2. The second kappa shape index (κ2) is 4.88. The lowest BCUT2D eigenvalue weighted by Crippen LogP contribution is -2.33. The van der Waals surface area contributed by atoms with Gasteiger partial charge < -0.3 is 10.1 Å². The molecule has 16 heavy (non-hydrogen) atoms. The minimum absolute atomic E-state index is 0.0435. The second-order valence-electron chi connectivity index (χ2n) is 4.17. The summed E-state index contributed by atoms with van der Waals surface area (Å²) in [7, 11) is 0. The van der Waals surface area contributed by atoms with Crippen LogP contribution in [0.25, 0.3) is 0 Å². The van der Waals surface area contributed by atoms with E-state index in [1.54, 1.807) is 0 Å². The molecule has 0 aromatic heterocycles. The van der Waals surface area contributed by atoms with E-state index < -0.39 is 0 Å². The zero-order valence-corrected chi connectivity index (χ0v) is 10.3. The molecule has 0 saturated carbocycles. The largest absolute Gasteiger partial charge is 0.385 e. The molecule has 0 aliphatic carbocycles. The highest BCUT2D eigenvalue weighted by Crippen LogP contribution is 2.44. The van der Waals surface area contributed by atoms with Crippen molar-refractivity contribution in [2.24, 2.45) is 0 Å². The third-order valence-corrected chi connectivity index (χ3v) is 3.37. The topological polar surface area (TPSA) is 21.3 Å². The van der Waals surface area contributed by atoms with Crippen molar-refractivity contribution in [2.45, 2.75) is 38.7 Å². The summed E-state index contributed by atoms with van der Waals surface area (Å²) in [5.41, 5.74) is 2.67. The molecular formula is C14H21NO. The van der Waals surface area contributed by atoms with Crippen LogP contribution in [0.3, 0.4) is 0 Å². The molecule has 1 unspecified atom stereocenters. The van der Waals surface area contributed by atoms with Gasteiger partial charge in [-0.3, -0.25) is 0 Å². The van der Waals surface area contributed by atoms with Crippen LogP contribution in [0.1, 0.15) is 38.7 Å². The summed E-state index contributed by atoms with van der Waals surface area (Å²) in [6, 6.07) is 8.54. The zero-order valence-electron chi connectivity index (χ0n) is 10.3. The molecule has 1 aromatic carbocycles. The first-order chi connectivity index (χ1) is 7.91. The first-order valence-electron chi connectivity index (χ1n) is 6.38. The van der Waals surface area contributed by atoms with E-state index in [0.717, 1.165) is 19.6 Å². The monoisotopic (exact) mass is 219 g/mol. The van der Waals surface area contributed by atoms with Gasteiger partial charge in [-0.25, -0.2) is 0 Å². The Kier molecular flexibility index (Phi) is 3.49. The molecule has 2 aliphatic heterocycles. The van der Waals surface area contributed by atoms with Gasteiger partial charge in [-0.2, -0.15) is 0 Å². The maximum atomic E-state index is 5.97. The number of hydrogen-bond donors (Lipinski definition) is 1. The van der Waals surface area contributed by atoms with Crippen molar-refractivity contribution in [1.29, 1.82) is 0 Å². The Morgan fingerprint density at radius 2 is 2.00 bits per heavy atom. The van der Waals surface area contributed by atoms with E-state index in [0.29, 0.717) is 0 Å². The summed E-state index contributed by atoms with van der Waals surface area (Å²) in [5, 5.41) is 3.43.